The van der Waals surface area contributed by atoms with Crippen molar-refractivity contribution in [2.24, 2.45) is 5.73 Å². The maximum atomic E-state index is 11.8. The van der Waals surface area contributed by atoms with Crippen molar-refractivity contribution in [1.29, 1.82) is 0 Å². The van der Waals surface area contributed by atoms with Crippen LogP contribution in [0.5, 0.6) is 0 Å². The number of aryl methyl sites for hydroxylation is 1. The molecule has 1 amide bonds. The summed E-state index contributed by atoms with van der Waals surface area (Å²) in [6.07, 6.45) is 5.14. The van der Waals surface area contributed by atoms with Crippen LogP contribution >= 0.6 is 0 Å². The smallest absolute Gasteiger partial charge is 0.222 e. The molecule has 0 aliphatic heterocycles. The molecule has 17 heavy (non-hydrogen) atoms. The van der Waals surface area contributed by atoms with Crippen LogP contribution in [0.3, 0.4) is 0 Å². The van der Waals surface area contributed by atoms with Crippen LogP contribution in [0.2, 0.25) is 0 Å². The molecule has 0 spiro atoms. The van der Waals surface area contributed by atoms with Crippen LogP contribution in [-0.4, -0.2) is 32.8 Å². The highest BCUT2D eigenvalue weighted by molar-refractivity contribution is 5.76. The van der Waals surface area contributed by atoms with Gasteiger partial charge in [0.2, 0.25) is 5.91 Å². The van der Waals surface area contributed by atoms with Crippen molar-refractivity contribution in [1.82, 2.24) is 20.1 Å². The van der Waals surface area contributed by atoms with Crippen molar-refractivity contribution >= 4 is 5.91 Å². The molecule has 3 N–H and O–H groups in total. The third-order valence-electron chi connectivity index (χ3n) is 3.18. The molecule has 0 atom stereocenters. The van der Waals surface area contributed by atoms with Crippen LogP contribution in [0.25, 0.3) is 0 Å². The van der Waals surface area contributed by atoms with Crippen LogP contribution < -0.4 is 11.1 Å². The van der Waals surface area contributed by atoms with E-state index in [9.17, 15) is 4.79 Å². The van der Waals surface area contributed by atoms with Gasteiger partial charge in [0.05, 0.1) is 12.1 Å². The van der Waals surface area contributed by atoms with Crippen LogP contribution in [0.4, 0.5) is 0 Å². The average molecular weight is 239 g/mol. The van der Waals surface area contributed by atoms with E-state index in [1.165, 1.54) is 6.33 Å². The maximum Gasteiger partial charge on any atom is 0.222 e. The normalized spacial score (nSPS) is 11.5. The summed E-state index contributed by atoms with van der Waals surface area (Å²) in [5.74, 6) is 0.00894. The summed E-state index contributed by atoms with van der Waals surface area (Å²) in [5, 5.41) is 6.96. The van der Waals surface area contributed by atoms with E-state index in [0.29, 0.717) is 19.5 Å². The van der Waals surface area contributed by atoms with Crippen LogP contribution in [0, 0.1) is 0 Å². The lowest BCUT2D eigenvalue weighted by Crippen LogP contribution is -2.53. The second-order valence-electron chi connectivity index (χ2n) is 4.15. The Labute approximate surface area is 102 Å². The van der Waals surface area contributed by atoms with Crippen LogP contribution in [-0.2, 0) is 11.3 Å². The van der Waals surface area contributed by atoms with E-state index >= 15 is 0 Å². The van der Waals surface area contributed by atoms with Crippen molar-refractivity contribution < 1.29 is 4.79 Å². The monoisotopic (exact) mass is 239 g/mol. The molecule has 1 rings (SSSR count). The Hall–Kier alpha value is -1.43. The Morgan fingerprint density at radius 1 is 1.47 bits per heavy atom. The van der Waals surface area contributed by atoms with E-state index in [1.54, 1.807) is 11.0 Å². The van der Waals surface area contributed by atoms with Gasteiger partial charge < -0.3 is 11.1 Å². The molecule has 0 saturated carbocycles. The molecule has 0 aliphatic rings. The molecule has 1 heterocycles. The minimum Gasteiger partial charge on any atom is -0.349 e. The minimum atomic E-state index is -0.264. The summed E-state index contributed by atoms with van der Waals surface area (Å²) in [6, 6.07) is 0. The van der Waals surface area contributed by atoms with E-state index < -0.39 is 0 Å². The van der Waals surface area contributed by atoms with Crippen molar-refractivity contribution in [2.45, 2.75) is 45.2 Å². The molecule has 0 aromatic carbocycles. The summed E-state index contributed by atoms with van der Waals surface area (Å²) in [5.41, 5.74) is 5.46. The predicted molar refractivity (Wildman–Crippen MR) is 65.1 cm³/mol. The SMILES string of the molecule is CCC(CC)(CN)NC(=O)CCn1cncn1. The minimum absolute atomic E-state index is 0.00894. The third-order valence-corrected chi connectivity index (χ3v) is 3.18. The average Bonchev–Trinajstić information content (AvgIpc) is 2.87. The van der Waals surface area contributed by atoms with Crippen LogP contribution in [0.1, 0.15) is 33.1 Å². The molecule has 0 fully saturated rings. The van der Waals surface area contributed by atoms with Crippen molar-refractivity contribution in [3.63, 3.8) is 0 Å². The van der Waals surface area contributed by atoms with Gasteiger partial charge in [0.25, 0.3) is 0 Å². The summed E-state index contributed by atoms with van der Waals surface area (Å²) in [6.45, 7) is 5.08. The zero-order valence-electron chi connectivity index (χ0n) is 10.5. The van der Waals surface area contributed by atoms with E-state index in [1.807, 2.05) is 13.8 Å². The van der Waals surface area contributed by atoms with Gasteiger partial charge in [0.1, 0.15) is 12.7 Å². The number of carbonyl (C=O) groups is 1. The first kappa shape index (κ1) is 13.6. The van der Waals surface area contributed by atoms with E-state index in [4.69, 9.17) is 5.73 Å². The molecule has 96 valence electrons. The fraction of sp³-hybridized carbons (Fsp3) is 0.727. The third kappa shape index (κ3) is 3.81. The second-order valence-corrected chi connectivity index (χ2v) is 4.15. The number of rotatable bonds is 7. The second kappa shape index (κ2) is 6.34. The Bertz CT molecular complexity index is 323. The molecule has 6 heteroatoms. The molecule has 0 unspecified atom stereocenters. The number of carbonyl (C=O) groups excluding carboxylic acids is 1. The number of nitrogens with one attached hydrogen (secondary N) is 1. The van der Waals surface area contributed by atoms with Crippen molar-refractivity contribution in [3.8, 4) is 0 Å². The summed E-state index contributed by atoms with van der Waals surface area (Å²) in [7, 11) is 0. The van der Waals surface area contributed by atoms with Crippen molar-refractivity contribution in [2.75, 3.05) is 6.54 Å². The highest BCUT2D eigenvalue weighted by atomic mass is 16.1. The lowest BCUT2D eigenvalue weighted by Gasteiger charge is -2.31. The molecular formula is C11H21N5O. The number of nitrogens with zero attached hydrogens (tertiary/aromatic N) is 3. The number of hydrogen-bond donors (Lipinski definition) is 2. The highest BCUT2D eigenvalue weighted by Gasteiger charge is 2.25. The van der Waals surface area contributed by atoms with Gasteiger partial charge in [-0.3, -0.25) is 9.48 Å². The molecule has 0 radical (unpaired) electrons. The first-order chi connectivity index (χ1) is 8.15. The first-order valence-electron chi connectivity index (χ1n) is 5.99. The van der Waals surface area contributed by atoms with Gasteiger partial charge in [-0.15, -0.1) is 0 Å². The Balaban J connectivity index is 2.42. The van der Waals surface area contributed by atoms with Crippen molar-refractivity contribution in [3.05, 3.63) is 12.7 Å². The fourth-order valence-electron chi connectivity index (χ4n) is 1.69. The largest absolute Gasteiger partial charge is 0.349 e. The van der Waals surface area contributed by atoms with Gasteiger partial charge in [0.15, 0.2) is 0 Å². The molecule has 1 aromatic rings. The zero-order valence-corrected chi connectivity index (χ0v) is 10.5. The van der Waals surface area contributed by atoms with E-state index in [-0.39, 0.29) is 11.4 Å². The highest BCUT2D eigenvalue weighted by Crippen LogP contribution is 2.13. The summed E-state index contributed by atoms with van der Waals surface area (Å²) < 4.78 is 1.64. The molecule has 6 nitrogen and oxygen atoms in total. The lowest BCUT2D eigenvalue weighted by atomic mass is 9.93. The molecule has 0 aliphatic carbocycles. The van der Waals surface area contributed by atoms with Gasteiger partial charge >= 0.3 is 0 Å². The summed E-state index contributed by atoms with van der Waals surface area (Å²) in [4.78, 5) is 15.6. The van der Waals surface area contributed by atoms with E-state index in [2.05, 4.69) is 15.4 Å². The number of amides is 1. The number of nitrogens with two attached hydrogens (primary N) is 1. The van der Waals surface area contributed by atoms with Gasteiger partial charge in [0, 0.05) is 13.0 Å². The van der Waals surface area contributed by atoms with Gasteiger partial charge in [-0.1, -0.05) is 13.8 Å². The quantitative estimate of drug-likeness (QED) is 0.716. The molecule has 0 bridgehead atoms. The van der Waals surface area contributed by atoms with Crippen LogP contribution in [0.15, 0.2) is 12.7 Å². The topological polar surface area (TPSA) is 85.8 Å². The fourth-order valence-corrected chi connectivity index (χ4v) is 1.69. The zero-order chi connectivity index (χ0) is 12.7. The van der Waals surface area contributed by atoms with Gasteiger partial charge in [-0.25, -0.2) is 4.98 Å². The predicted octanol–water partition coefficient (Wildman–Crippen LogP) is 0.302. The van der Waals surface area contributed by atoms with E-state index in [0.717, 1.165) is 12.8 Å². The number of hydrogen-bond acceptors (Lipinski definition) is 4. The Morgan fingerprint density at radius 3 is 2.65 bits per heavy atom. The molecule has 1 aromatic heterocycles. The van der Waals surface area contributed by atoms with Gasteiger partial charge in [-0.2, -0.15) is 5.10 Å². The first-order valence-corrected chi connectivity index (χ1v) is 5.99. The molecule has 0 saturated heterocycles. The Morgan fingerprint density at radius 2 is 2.18 bits per heavy atom. The molecular weight excluding hydrogens is 218 g/mol. The summed E-state index contributed by atoms with van der Waals surface area (Å²) >= 11 is 0. The van der Waals surface area contributed by atoms with Gasteiger partial charge in [-0.05, 0) is 12.8 Å². The number of aromatic nitrogens is 3. The maximum absolute atomic E-state index is 11.8. The Kier molecular flexibility index (Phi) is 5.09. The standard InChI is InChI=1S/C11H21N5O/c1-3-11(4-2,7-12)15-10(17)5-6-16-9-13-8-14-16/h8-9H,3-7,12H2,1-2H3,(H,15,17). The lowest BCUT2D eigenvalue weighted by molar-refractivity contribution is -0.123.